The van der Waals surface area contributed by atoms with Crippen molar-refractivity contribution in [3.63, 3.8) is 0 Å². The smallest absolute Gasteiger partial charge is 0.412 e. The summed E-state index contributed by atoms with van der Waals surface area (Å²) < 4.78 is 56.3. The molecule has 1 amide bonds. The van der Waals surface area contributed by atoms with Gasteiger partial charge in [-0.05, 0) is 36.4 Å². The lowest BCUT2D eigenvalue weighted by molar-refractivity contribution is -0.137. The van der Waals surface area contributed by atoms with Gasteiger partial charge in [-0.15, -0.1) is 10.2 Å². The zero-order valence-corrected chi connectivity index (χ0v) is 12.3. The molecule has 0 bridgehead atoms. The summed E-state index contributed by atoms with van der Waals surface area (Å²) in [4.78, 5) is 12.0. The van der Waals surface area contributed by atoms with Gasteiger partial charge in [-0.2, -0.15) is 13.2 Å². The topological polar surface area (TPSA) is 68.0 Å². The fourth-order valence-electron chi connectivity index (χ4n) is 2.01. The number of anilines is 1. The van der Waals surface area contributed by atoms with Crippen LogP contribution in [0, 0.1) is 5.82 Å². The van der Waals surface area contributed by atoms with Gasteiger partial charge >= 0.3 is 18.0 Å². The first-order chi connectivity index (χ1) is 11.8. The van der Waals surface area contributed by atoms with E-state index in [1.807, 2.05) is 0 Å². The van der Waals surface area contributed by atoms with E-state index in [1.54, 1.807) is 0 Å². The Morgan fingerprint density at radius 3 is 2.52 bits per heavy atom. The summed E-state index contributed by atoms with van der Waals surface area (Å²) in [5.41, 5.74) is -0.716. The molecule has 0 aliphatic rings. The van der Waals surface area contributed by atoms with Crippen LogP contribution in [0.5, 0.6) is 0 Å². The summed E-state index contributed by atoms with van der Waals surface area (Å²) >= 11 is 0. The second kappa shape index (κ2) is 6.34. The lowest BCUT2D eigenvalue weighted by Crippen LogP contribution is -2.13. The van der Waals surface area contributed by atoms with Crippen LogP contribution in [0.3, 0.4) is 0 Å². The van der Waals surface area contributed by atoms with Gasteiger partial charge in [-0.1, -0.05) is 12.1 Å². The van der Waals surface area contributed by atoms with Gasteiger partial charge in [0.05, 0.1) is 5.56 Å². The Labute approximate surface area is 138 Å². The molecule has 0 radical (unpaired) electrons. The fraction of sp³-hybridized carbons (Fsp3) is 0.0625. The summed E-state index contributed by atoms with van der Waals surface area (Å²) in [5.74, 6) is -1.95. The minimum absolute atomic E-state index is 0.0784. The normalized spacial score (nSPS) is 11.4. The van der Waals surface area contributed by atoms with E-state index in [4.69, 9.17) is 4.42 Å². The third kappa shape index (κ3) is 3.82. The van der Waals surface area contributed by atoms with Gasteiger partial charge in [0.1, 0.15) is 5.82 Å². The van der Waals surface area contributed by atoms with Crippen LogP contribution < -0.4 is 5.32 Å². The Kier molecular flexibility index (Phi) is 4.22. The van der Waals surface area contributed by atoms with Gasteiger partial charge in [-0.25, -0.2) is 4.39 Å². The van der Waals surface area contributed by atoms with Crippen LogP contribution in [0.25, 0.3) is 11.5 Å². The van der Waals surface area contributed by atoms with E-state index in [1.165, 1.54) is 24.3 Å². The number of nitrogens with zero attached hydrogens (tertiary/aromatic N) is 2. The number of amides is 1. The van der Waals surface area contributed by atoms with Crippen molar-refractivity contribution in [1.29, 1.82) is 0 Å². The van der Waals surface area contributed by atoms with Crippen LogP contribution in [0.4, 0.5) is 23.2 Å². The summed E-state index contributed by atoms with van der Waals surface area (Å²) in [6.45, 7) is 0. The molecule has 0 saturated heterocycles. The molecule has 1 heterocycles. The summed E-state index contributed by atoms with van der Waals surface area (Å²) in [7, 11) is 0. The first-order valence-corrected chi connectivity index (χ1v) is 6.91. The molecule has 0 unspecified atom stereocenters. The number of rotatable bonds is 3. The molecule has 0 atom stereocenters. The molecular formula is C16H9F4N3O2. The maximum absolute atomic E-state index is 13.2. The van der Waals surface area contributed by atoms with E-state index >= 15 is 0 Å². The number of alkyl halides is 3. The van der Waals surface area contributed by atoms with E-state index in [0.29, 0.717) is 0 Å². The molecule has 0 aliphatic heterocycles. The molecule has 0 spiro atoms. The number of hydrogen-bond donors (Lipinski definition) is 1. The molecule has 2 aromatic carbocycles. The average Bonchev–Trinajstić information content (AvgIpc) is 3.04. The highest BCUT2D eigenvalue weighted by Gasteiger charge is 2.30. The van der Waals surface area contributed by atoms with Gasteiger partial charge < -0.3 is 9.73 Å². The summed E-state index contributed by atoms with van der Waals surface area (Å²) in [6, 6.07) is 9.40. The minimum atomic E-state index is -4.53. The zero-order chi connectivity index (χ0) is 18.0. The van der Waals surface area contributed by atoms with Gasteiger partial charge in [0, 0.05) is 11.3 Å². The molecule has 9 heteroatoms. The van der Waals surface area contributed by atoms with Crippen LogP contribution in [0.2, 0.25) is 0 Å². The van der Waals surface area contributed by atoms with Crippen LogP contribution in [0.1, 0.15) is 16.2 Å². The molecule has 1 aromatic heterocycles. The SMILES string of the molecule is O=C(Nc1cccc(C(F)(F)F)c1)c1nnc(-c2cccc(F)c2)o1. The minimum Gasteiger partial charge on any atom is -0.412 e. The van der Waals surface area contributed by atoms with Crippen molar-refractivity contribution in [3.8, 4) is 11.5 Å². The number of aromatic nitrogens is 2. The molecule has 1 N–H and O–H groups in total. The Hall–Kier alpha value is -3.23. The third-order valence-electron chi connectivity index (χ3n) is 3.14. The van der Waals surface area contributed by atoms with Gasteiger partial charge in [0.15, 0.2) is 0 Å². The van der Waals surface area contributed by atoms with Crippen LogP contribution in [-0.2, 0) is 6.18 Å². The number of benzene rings is 2. The van der Waals surface area contributed by atoms with Crippen LogP contribution in [-0.4, -0.2) is 16.1 Å². The van der Waals surface area contributed by atoms with Crippen molar-refractivity contribution >= 4 is 11.6 Å². The fourth-order valence-corrected chi connectivity index (χ4v) is 2.01. The predicted molar refractivity (Wildman–Crippen MR) is 79.1 cm³/mol. The van der Waals surface area contributed by atoms with Crippen molar-refractivity contribution in [2.75, 3.05) is 5.32 Å². The molecular weight excluding hydrogens is 342 g/mol. The zero-order valence-electron chi connectivity index (χ0n) is 12.3. The maximum atomic E-state index is 13.2. The highest BCUT2D eigenvalue weighted by molar-refractivity contribution is 6.01. The van der Waals surface area contributed by atoms with Crippen molar-refractivity contribution in [2.45, 2.75) is 6.18 Å². The Bertz CT molecular complexity index is 921. The quantitative estimate of drug-likeness (QED) is 0.720. The maximum Gasteiger partial charge on any atom is 0.416 e. The highest BCUT2D eigenvalue weighted by Crippen LogP contribution is 2.30. The first kappa shape index (κ1) is 16.6. The third-order valence-corrected chi connectivity index (χ3v) is 3.14. The van der Waals surface area contributed by atoms with Crippen molar-refractivity contribution in [2.24, 2.45) is 0 Å². The van der Waals surface area contributed by atoms with E-state index in [0.717, 1.165) is 24.3 Å². The lowest BCUT2D eigenvalue weighted by Gasteiger charge is -2.08. The lowest BCUT2D eigenvalue weighted by atomic mass is 10.2. The largest absolute Gasteiger partial charge is 0.416 e. The van der Waals surface area contributed by atoms with E-state index in [-0.39, 0.29) is 17.1 Å². The molecule has 5 nitrogen and oxygen atoms in total. The van der Waals surface area contributed by atoms with Crippen molar-refractivity contribution < 1.29 is 26.8 Å². The number of carbonyl (C=O) groups is 1. The average molecular weight is 351 g/mol. The van der Waals surface area contributed by atoms with Gasteiger partial charge in [0.2, 0.25) is 5.89 Å². The van der Waals surface area contributed by atoms with E-state index < -0.39 is 29.4 Å². The first-order valence-electron chi connectivity index (χ1n) is 6.91. The van der Waals surface area contributed by atoms with Gasteiger partial charge in [-0.3, -0.25) is 4.79 Å². The number of carbonyl (C=O) groups excluding carboxylic acids is 1. The second-order valence-electron chi connectivity index (χ2n) is 4.96. The van der Waals surface area contributed by atoms with Crippen molar-refractivity contribution in [3.05, 3.63) is 65.8 Å². The number of hydrogen-bond acceptors (Lipinski definition) is 4. The molecule has 0 saturated carbocycles. The molecule has 3 rings (SSSR count). The Morgan fingerprint density at radius 2 is 1.80 bits per heavy atom. The predicted octanol–water partition coefficient (Wildman–Crippen LogP) is 4.15. The standard InChI is InChI=1S/C16H9F4N3O2/c17-11-5-1-3-9(7-11)14-22-23-15(25-14)13(24)21-12-6-2-4-10(8-12)16(18,19)20/h1-8H,(H,21,24). The molecule has 3 aromatic rings. The second-order valence-corrected chi connectivity index (χ2v) is 4.96. The van der Waals surface area contributed by atoms with E-state index in [2.05, 4.69) is 15.5 Å². The van der Waals surface area contributed by atoms with Crippen LogP contribution >= 0.6 is 0 Å². The molecule has 0 aliphatic carbocycles. The van der Waals surface area contributed by atoms with E-state index in [9.17, 15) is 22.4 Å². The molecule has 25 heavy (non-hydrogen) atoms. The highest BCUT2D eigenvalue weighted by atomic mass is 19.4. The monoisotopic (exact) mass is 351 g/mol. The summed E-state index contributed by atoms with van der Waals surface area (Å²) in [6.07, 6.45) is -4.53. The van der Waals surface area contributed by atoms with Gasteiger partial charge in [0.25, 0.3) is 0 Å². The number of halogens is 4. The molecule has 0 fully saturated rings. The summed E-state index contributed by atoms with van der Waals surface area (Å²) in [5, 5.41) is 9.38. The van der Waals surface area contributed by atoms with Crippen molar-refractivity contribution in [1.82, 2.24) is 10.2 Å². The Balaban J connectivity index is 1.79. The molecule has 128 valence electrons. The Morgan fingerprint density at radius 1 is 1.04 bits per heavy atom. The number of nitrogens with one attached hydrogen (secondary N) is 1. The van der Waals surface area contributed by atoms with Crippen LogP contribution in [0.15, 0.2) is 52.9 Å².